The molecule has 3 aromatic rings. The lowest BCUT2D eigenvalue weighted by Crippen LogP contribution is -2.55. The Kier molecular flexibility index (Phi) is 8.65. The van der Waals surface area contributed by atoms with Gasteiger partial charge >= 0.3 is 0 Å². The van der Waals surface area contributed by atoms with E-state index in [2.05, 4.69) is 20.8 Å². The predicted octanol–water partition coefficient (Wildman–Crippen LogP) is 9.04. The van der Waals surface area contributed by atoms with E-state index in [9.17, 15) is 17.6 Å². The van der Waals surface area contributed by atoms with Crippen molar-refractivity contribution in [1.29, 1.82) is 0 Å². The number of rotatable bonds is 10. The fraction of sp³-hybridized carbons (Fsp3) is 0.407. The van der Waals surface area contributed by atoms with Crippen LogP contribution in [0, 0.1) is 41.0 Å². The van der Waals surface area contributed by atoms with E-state index in [1.807, 2.05) is 44.2 Å². The Morgan fingerprint density at radius 2 is 1.36 bits per heavy atom. The minimum atomic E-state index is -3.15. The molecule has 0 N–H and O–H groups in total. The molecule has 3 aromatic carbocycles. The molecule has 36 heavy (non-hydrogen) atoms. The van der Waals surface area contributed by atoms with E-state index >= 15 is 8.78 Å². The zero-order valence-electron chi connectivity index (χ0n) is 21.2. The van der Waals surface area contributed by atoms with Gasteiger partial charge in [-0.05, 0) is 16.8 Å². The van der Waals surface area contributed by atoms with Crippen LogP contribution in [0.2, 0.25) is 29.3 Å². The molecule has 1 nitrogen and oxygen atoms in total. The molecule has 0 aliphatic heterocycles. The number of hydrogen-bond donors (Lipinski definition) is 0. The predicted molar refractivity (Wildman–Crippen MR) is 136 cm³/mol. The lowest BCUT2D eigenvalue weighted by Gasteiger charge is -2.42. The normalized spacial score (nSPS) is 13.9. The zero-order chi connectivity index (χ0) is 26.8. The SMILES string of the molecule is CC[Si](CC)(CC)C[Si](Cc1ccccc1)(Oc1c(F)c(F)c2[c]c(F)c(F)c(F)c2c1F)C(C)C. The van der Waals surface area contributed by atoms with Crippen LogP contribution in [0.25, 0.3) is 10.8 Å². The summed E-state index contributed by atoms with van der Waals surface area (Å²) >= 11 is 0. The molecular weight excluding hydrogens is 510 g/mol. The second kappa shape index (κ2) is 11.0. The molecule has 0 saturated carbocycles. The second-order valence-electron chi connectivity index (χ2n) is 9.81. The molecule has 0 aromatic heterocycles. The van der Waals surface area contributed by atoms with Crippen LogP contribution in [0.1, 0.15) is 40.2 Å². The Labute approximate surface area is 210 Å². The molecule has 195 valence electrons. The van der Waals surface area contributed by atoms with Crippen molar-refractivity contribution >= 4 is 27.2 Å². The van der Waals surface area contributed by atoms with E-state index < -0.39 is 67.8 Å². The van der Waals surface area contributed by atoms with Crippen molar-refractivity contribution in [3.05, 3.63) is 76.9 Å². The van der Waals surface area contributed by atoms with Crippen molar-refractivity contribution in [2.24, 2.45) is 0 Å². The average molecular weight is 542 g/mol. The molecule has 1 radical (unpaired) electrons. The van der Waals surface area contributed by atoms with Crippen molar-refractivity contribution < 1.29 is 30.8 Å². The molecule has 0 spiro atoms. The highest BCUT2D eigenvalue weighted by Gasteiger charge is 2.48. The third-order valence-electron chi connectivity index (χ3n) is 7.75. The van der Waals surface area contributed by atoms with Crippen LogP contribution in [0.15, 0.2) is 30.3 Å². The molecule has 1 unspecified atom stereocenters. The van der Waals surface area contributed by atoms with Gasteiger partial charge in [0.1, 0.15) is 0 Å². The van der Waals surface area contributed by atoms with Gasteiger partial charge in [-0.1, -0.05) is 83.1 Å². The number of benzene rings is 3. The third-order valence-corrected chi connectivity index (χ3v) is 21.4. The maximum atomic E-state index is 15.6. The van der Waals surface area contributed by atoms with Gasteiger partial charge in [0.15, 0.2) is 34.8 Å². The van der Waals surface area contributed by atoms with Crippen molar-refractivity contribution in [3.63, 3.8) is 0 Å². The maximum absolute atomic E-state index is 15.6. The molecule has 0 saturated heterocycles. The van der Waals surface area contributed by atoms with Gasteiger partial charge < -0.3 is 4.43 Å². The Hall–Kier alpha value is -2.27. The van der Waals surface area contributed by atoms with Crippen LogP contribution in [0.4, 0.5) is 26.3 Å². The Morgan fingerprint density at radius 1 is 0.778 bits per heavy atom. The second-order valence-corrected chi connectivity index (χ2v) is 20.2. The molecule has 0 bridgehead atoms. The Bertz CT molecular complexity index is 1220. The van der Waals surface area contributed by atoms with Crippen LogP contribution in [-0.2, 0) is 6.04 Å². The zero-order valence-corrected chi connectivity index (χ0v) is 23.2. The highest BCUT2D eigenvalue weighted by molar-refractivity contribution is 6.95. The summed E-state index contributed by atoms with van der Waals surface area (Å²) in [4.78, 5) is 0. The first-order valence-corrected chi connectivity index (χ1v) is 17.5. The summed E-state index contributed by atoms with van der Waals surface area (Å²) in [7, 11) is -5.10. The van der Waals surface area contributed by atoms with Gasteiger partial charge in [-0.3, -0.25) is 0 Å². The standard InChI is InChI=1S/C27H31F6OSi2/c1-6-35(7-2,8-3)16-36(17(4)5,15-18-12-10-9-11-13-18)34-27-25(32)21-19(22(29)26(27)33)14-20(28)23(30)24(21)31/h9-13,17H,6-8,15-16H2,1-5H3. The van der Waals surface area contributed by atoms with Crippen LogP contribution in [-0.4, -0.2) is 16.4 Å². The summed E-state index contributed by atoms with van der Waals surface area (Å²) in [6.45, 7) is 10.2. The van der Waals surface area contributed by atoms with Gasteiger partial charge in [-0.25, -0.2) is 22.0 Å². The molecule has 0 amide bonds. The Morgan fingerprint density at radius 3 is 1.89 bits per heavy atom. The monoisotopic (exact) mass is 541 g/mol. The van der Waals surface area contributed by atoms with Gasteiger partial charge in [0.25, 0.3) is 8.32 Å². The number of fused-ring (bicyclic) bond motifs is 1. The first-order chi connectivity index (χ1) is 17.0. The van der Waals surface area contributed by atoms with Crippen LogP contribution in [0.5, 0.6) is 5.75 Å². The summed E-state index contributed by atoms with van der Waals surface area (Å²) in [6.07, 6.45) is 0. The summed E-state index contributed by atoms with van der Waals surface area (Å²) in [5, 5.41) is -2.34. The summed E-state index contributed by atoms with van der Waals surface area (Å²) in [5.41, 5.74) is 1.42. The number of halogens is 6. The lowest BCUT2D eigenvalue weighted by molar-refractivity contribution is 0.408. The van der Waals surface area contributed by atoms with Gasteiger partial charge in [-0.15, -0.1) is 0 Å². The van der Waals surface area contributed by atoms with Crippen LogP contribution >= 0.6 is 0 Å². The van der Waals surface area contributed by atoms with Crippen molar-refractivity contribution in [2.75, 3.05) is 0 Å². The highest BCUT2D eigenvalue weighted by atomic mass is 28.4. The van der Waals surface area contributed by atoms with Gasteiger partial charge in [-0.2, -0.15) is 4.39 Å². The average Bonchev–Trinajstić information content (AvgIpc) is 2.87. The van der Waals surface area contributed by atoms with E-state index in [0.29, 0.717) is 11.7 Å². The van der Waals surface area contributed by atoms with E-state index in [4.69, 9.17) is 4.43 Å². The Balaban J connectivity index is 2.30. The van der Waals surface area contributed by atoms with Gasteiger partial charge in [0.05, 0.1) is 13.5 Å². The maximum Gasteiger partial charge on any atom is 0.255 e. The topological polar surface area (TPSA) is 9.23 Å². The minimum absolute atomic E-state index is 0.145. The van der Waals surface area contributed by atoms with Crippen molar-refractivity contribution in [1.82, 2.24) is 0 Å². The quantitative estimate of drug-likeness (QED) is 0.108. The summed E-state index contributed by atoms with van der Waals surface area (Å²) in [6, 6.07) is 14.2. The highest BCUT2D eigenvalue weighted by Crippen LogP contribution is 2.43. The van der Waals surface area contributed by atoms with Gasteiger partial charge in [0, 0.05) is 17.5 Å². The van der Waals surface area contributed by atoms with E-state index in [0.717, 1.165) is 23.7 Å². The molecule has 3 rings (SSSR count). The lowest BCUT2D eigenvalue weighted by atomic mass is 10.1. The van der Waals surface area contributed by atoms with Crippen molar-refractivity contribution in [3.8, 4) is 5.75 Å². The summed E-state index contributed by atoms with van der Waals surface area (Å²) in [5.74, 6) is -11.9. The van der Waals surface area contributed by atoms with E-state index in [-0.39, 0.29) is 5.54 Å². The minimum Gasteiger partial charge on any atom is -0.539 e. The molecule has 1 atom stereocenters. The van der Waals surface area contributed by atoms with E-state index in [1.54, 1.807) is 6.07 Å². The molecule has 0 aliphatic rings. The van der Waals surface area contributed by atoms with E-state index in [1.165, 1.54) is 0 Å². The van der Waals surface area contributed by atoms with Gasteiger partial charge in [0.2, 0.25) is 5.82 Å². The smallest absolute Gasteiger partial charge is 0.255 e. The molecule has 0 aliphatic carbocycles. The largest absolute Gasteiger partial charge is 0.539 e. The third kappa shape index (κ3) is 5.09. The molecule has 0 fully saturated rings. The van der Waals surface area contributed by atoms with Crippen molar-refractivity contribution in [2.45, 2.75) is 70.0 Å². The van der Waals surface area contributed by atoms with Crippen LogP contribution in [0.3, 0.4) is 0 Å². The van der Waals surface area contributed by atoms with Crippen LogP contribution < -0.4 is 4.43 Å². The molecular formula is C27H31F6OSi2. The molecule has 0 heterocycles. The first kappa shape index (κ1) is 28.3. The molecule has 9 heteroatoms. The fourth-order valence-corrected chi connectivity index (χ4v) is 19.2. The fourth-order valence-electron chi connectivity index (χ4n) is 4.99. The number of hydrogen-bond acceptors (Lipinski definition) is 1. The first-order valence-electron chi connectivity index (χ1n) is 12.2. The summed E-state index contributed by atoms with van der Waals surface area (Å²) < 4.78 is 94.4.